The summed E-state index contributed by atoms with van der Waals surface area (Å²) < 4.78 is 67.7. The molecule has 1 aliphatic heterocycles. The number of carboxylic acids is 2. The predicted octanol–water partition coefficient (Wildman–Crippen LogP) is 2.27. The lowest BCUT2D eigenvalue weighted by molar-refractivity contribution is -0.188. The van der Waals surface area contributed by atoms with Crippen LogP contribution in [-0.4, -0.2) is 66.2 Å². The average molecular weight is 534 g/mol. The van der Waals surface area contributed by atoms with Gasteiger partial charge in [-0.2, -0.15) is 9.97 Å². The van der Waals surface area contributed by atoms with E-state index in [1.54, 1.807) is 0 Å². The summed E-state index contributed by atoms with van der Waals surface area (Å²) in [5.74, 6) is -9.38. The predicted molar refractivity (Wildman–Crippen MR) is 112 cm³/mol. The van der Waals surface area contributed by atoms with Gasteiger partial charge in [0.15, 0.2) is 35.1 Å². The lowest BCUT2D eigenvalue weighted by Gasteiger charge is -2.27. The molecule has 16 heteroatoms. The van der Waals surface area contributed by atoms with Gasteiger partial charge >= 0.3 is 11.9 Å². The summed E-state index contributed by atoms with van der Waals surface area (Å²) in [5, 5.41) is 19.0. The minimum atomic E-state index is -3.12. The molecule has 1 aliphatic rings. The minimum Gasteiger partial charge on any atom is -0.479 e. The molecule has 36 heavy (non-hydrogen) atoms. The summed E-state index contributed by atoms with van der Waals surface area (Å²) >= 11 is 5.80. The first kappa shape index (κ1) is 25.5. The first-order valence-corrected chi connectivity index (χ1v) is 10.5. The number of aliphatic carboxylic acids is 2. The molecular weight excluding hydrogens is 518 g/mol. The molecule has 0 spiro atoms. The van der Waals surface area contributed by atoms with Gasteiger partial charge in [-0.25, -0.2) is 32.1 Å². The second kappa shape index (κ2) is 9.48. The lowest BCUT2D eigenvalue weighted by atomic mass is 9.93. The molecule has 3 atom stereocenters. The summed E-state index contributed by atoms with van der Waals surface area (Å²) in [6, 6.07) is 1.21. The standard InChI is InChI=1S/C20H16ClF4N5O6/c21-19-28-14(26)13-15(29-19)30(6-27-13)16-10(23)3-8(36-16)5-35-20(17(31)32,18(33)34)4-7-1-2-9(22)12(25)11(7)24/h1-2,6,8,10,16H,3-5H2,(H,31,32)(H,33,34)(H2,26,28,29). The normalized spacial score (nSPS) is 20.2. The maximum Gasteiger partial charge on any atom is 0.348 e. The molecule has 0 amide bonds. The molecule has 1 aromatic carbocycles. The van der Waals surface area contributed by atoms with E-state index in [1.165, 1.54) is 10.9 Å². The zero-order valence-corrected chi connectivity index (χ0v) is 18.6. The third-order valence-corrected chi connectivity index (χ3v) is 5.75. The van der Waals surface area contributed by atoms with Crippen LogP contribution >= 0.6 is 11.6 Å². The van der Waals surface area contributed by atoms with Crippen LogP contribution in [0.1, 0.15) is 18.2 Å². The van der Waals surface area contributed by atoms with E-state index in [0.717, 1.165) is 0 Å². The van der Waals surface area contributed by atoms with E-state index in [9.17, 15) is 37.4 Å². The maximum atomic E-state index is 14.9. The SMILES string of the molecule is Nc1nc(Cl)nc2c1ncn2C1OC(COC(Cc2ccc(F)c(F)c2F)(C(=O)O)C(=O)O)CC1F. The van der Waals surface area contributed by atoms with Gasteiger partial charge in [-0.1, -0.05) is 6.07 Å². The number of nitrogens with two attached hydrogens (primary N) is 1. The van der Waals surface area contributed by atoms with E-state index in [1.807, 2.05) is 0 Å². The number of ether oxygens (including phenoxy) is 2. The van der Waals surface area contributed by atoms with Gasteiger partial charge in [0.2, 0.25) is 5.28 Å². The number of imidazole rings is 1. The molecule has 0 aliphatic carbocycles. The first-order chi connectivity index (χ1) is 16.9. The first-order valence-electron chi connectivity index (χ1n) is 10.1. The molecule has 3 aromatic rings. The number of carbonyl (C=O) groups is 2. The molecule has 3 unspecified atom stereocenters. The Balaban J connectivity index is 1.56. The monoisotopic (exact) mass is 533 g/mol. The van der Waals surface area contributed by atoms with Crippen molar-refractivity contribution in [3.63, 3.8) is 0 Å². The Morgan fingerprint density at radius 3 is 2.58 bits per heavy atom. The van der Waals surface area contributed by atoms with Crippen LogP contribution in [0, 0.1) is 17.5 Å². The maximum absolute atomic E-state index is 14.9. The van der Waals surface area contributed by atoms with Gasteiger partial charge < -0.3 is 25.4 Å². The van der Waals surface area contributed by atoms with E-state index in [0.29, 0.717) is 12.1 Å². The van der Waals surface area contributed by atoms with Crippen LogP contribution in [0.25, 0.3) is 11.2 Å². The van der Waals surface area contributed by atoms with Crippen LogP contribution in [0.5, 0.6) is 0 Å². The fourth-order valence-corrected chi connectivity index (χ4v) is 3.94. The summed E-state index contributed by atoms with van der Waals surface area (Å²) in [6.07, 6.45) is -4.56. The quantitative estimate of drug-likeness (QED) is 0.169. The van der Waals surface area contributed by atoms with E-state index in [-0.39, 0.29) is 28.7 Å². The Bertz CT molecular complexity index is 1340. The van der Waals surface area contributed by atoms with E-state index in [2.05, 4.69) is 15.0 Å². The number of fused-ring (bicyclic) bond motifs is 1. The van der Waals surface area contributed by atoms with Crippen LogP contribution in [0.2, 0.25) is 5.28 Å². The topological polar surface area (TPSA) is 163 Å². The molecule has 4 N–H and O–H groups in total. The van der Waals surface area contributed by atoms with Crippen LogP contribution in [0.4, 0.5) is 23.4 Å². The van der Waals surface area contributed by atoms with Gasteiger partial charge in [-0.3, -0.25) is 4.57 Å². The number of anilines is 1. The number of hydrogen-bond donors (Lipinski definition) is 3. The van der Waals surface area contributed by atoms with Crippen LogP contribution in [-0.2, 0) is 25.5 Å². The number of halogens is 5. The second-order valence-corrected chi connectivity index (χ2v) is 8.20. The summed E-state index contributed by atoms with van der Waals surface area (Å²) in [6.45, 7) is -0.759. The van der Waals surface area contributed by atoms with Crippen molar-refractivity contribution in [2.24, 2.45) is 0 Å². The third kappa shape index (κ3) is 4.40. The molecule has 4 rings (SSSR count). The van der Waals surface area contributed by atoms with Crippen molar-refractivity contribution in [2.75, 3.05) is 12.3 Å². The second-order valence-electron chi connectivity index (χ2n) is 7.86. The van der Waals surface area contributed by atoms with Crippen LogP contribution in [0.15, 0.2) is 18.5 Å². The summed E-state index contributed by atoms with van der Waals surface area (Å²) in [7, 11) is 0. The number of nitrogen functional groups attached to an aromatic ring is 1. The van der Waals surface area contributed by atoms with Crippen molar-refractivity contribution in [3.8, 4) is 0 Å². The number of carboxylic acid groups (broad SMARTS) is 2. The zero-order valence-electron chi connectivity index (χ0n) is 17.9. The molecule has 192 valence electrons. The van der Waals surface area contributed by atoms with Crippen LogP contribution < -0.4 is 5.73 Å². The van der Waals surface area contributed by atoms with Gasteiger partial charge in [0.1, 0.15) is 11.7 Å². The van der Waals surface area contributed by atoms with Crippen LogP contribution in [0.3, 0.4) is 0 Å². The van der Waals surface area contributed by atoms with Gasteiger partial charge in [0.25, 0.3) is 5.60 Å². The largest absolute Gasteiger partial charge is 0.479 e. The smallest absolute Gasteiger partial charge is 0.348 e. The highest BCUT2D eigenvalue weighted by molar-refractivity contribution is 6.28. The minimum absolute atomic E-state index is 0.0564. The fraction of sp³-hybridized carbons (Fsp3) is 0.350. The van der Waals surface area contributed by atoms with Crippen molar-refractivity contribution in [3.05, 3.63) is 46.8 Å². The molecule has 0 radical (unpaired) electrons. The number of alkyl halides is 1. The number of rotatable bonds is 8. The average Bonchev–Trinajstić information content (AvgIpc) is 3.39. The summed E-state index contributed by atoms with van der Waals surface area (Å²) in [5.41, 5.74) is 2.03. The fourth-order valence-electron chi connectivity index (χ4n) is 3.77. The van der Waals surface area contributed by atoms with E-state index in [4.69, 9.17) is 26.8 Å². The van der Waals surface area contributed by atoms with Crippen molar-refractivity contribution in [1.29, 1.82) is 0 Å². The van der Waals surface area contributed by atoms with Crippen molar-refractivity contribution < 1.29 is 46.8 Å². The molecule has 3 heterocycles. The highest BCUT2D eigenvalue weighted by Crippen LogP contribution is 2.35. The molecule has 11 nitrogen and oxygen atoms in total. The Kier molecular flexibility index (Phi) is 6.72. The molecule has 1 fully saturated rings. The summed E-state index contributed by atoms with van der Waals surface area (Å²) in [4.78, 5) is 35.5. The zero-order chi connectivity index (χ0) is 26.4. The molecular formula is C20H16ClF4N5O6. The van der Waals surface area contributed by atoms with Gasteiger partial charge in [0, 0.05) is 12.8 Å². The molecule has 0 saturated carbocycles. The number of nitrogens with zero attached hydrogens (tertiary/aromatic N) is 4. The molecule has 2 aromatic heterocycles. The molecule has 0 bridgehead atoms. The Morgan fingerprint density at radius 1 is 1.22 bits per heavy atom. The van der Waals surface area contributed by atoms with Gasteiger partial charge in [-0.05, 0) is 23.2 Å². The number of aromatic nitrogens is 4. The highest BCUT2D eigenvalue weighted by Gasteiger charge is 2.50. The van der Waals surface area contributed by atoms with E-state index >= 15 is 0 Å². The van der Waals surface area contributed by atoms with Crippen molar-refractivity contribution in [1.82, 2.24) is 19.5 Å². The van der Waals surface area contributed by atoms with Crippen molar-refractivity contribution in [2.45, 2.75) is 36.9 Å². The lowest BCUT2D eigenvalue weighted by Crippen LogP contribution is -2.52. The van der Waals surface area contributed by atoms with E-state index < -0.39 is 72.1 Å². The number of hydrogen-bond acceptors (Lipinski definition) is 8. The third-order valence-electron chi connectivity index (χ3n) is 5.59. The highest BCUT2D eigenvalue weighted by atomic mass is 35.5. The number of benzene rings is 1. The van der Waals surface area contributed by atoms with Crippen molar-refractivity contribution >= 4 is 40.5 Å². The Hall–Kier alpha value is -3.56. The molecule has 1 saturated heterocycles. The Morgan fingerprint density at radius 2 is 1.92 bits per heavy atom. The Labute approximate surface area is 203 Å². The van der Waals surface area contributed by atoms with Gasteiger partial charge in [0.05, 0.1) is 19.0 Å². The van der Waals surface area contributed by atoms with Gasteiger partial charge in [-0.15, -0.1) is 0 Å².